The van der Waals surface area contributed by atoms with Gasteiger partial charge in [0.05, 0.1) is 5.70 Å². The highest BCUT2D eigenvalue weighted by molar-refractivity contribution is 6.21. The summed E-state index contributed by atoms with van der Waals surface area (Å²) >= 11 is 0. The van der Waals surface area contributed by atoms with Crippen molar-refractivity contribution in [3.8, 4) is 12.1 Å². The maximum absolute atomic E-state index is 13.1. The number of hydrogen-bond acceptors (Lipinski definition) is 7. The minimum absolute atomic E-state index is 0.0380. The summed E-state index contributed by atoms with van der Waals surface area (Å²) in [6, 6.07) is 12.3. The summed E-state index contributed by atoms with van der Waals surface area (Å²) in [5.74, 6) is 0.452. The first-order valence-electron chi connectivity index (χ1n) is 12.4. The van der Waals surface area contributed by atoms with Crippen molar-refractivity contribution in [1.29, 1.82) is 10.5 Å². The van der Waals surface area contributed by atoms with Crippen molar-refractivity contribution in [3.63, 3.8) is 0 Å². The van der Waals surface area contributed by atoms with Gasteiger partial charge in [-0.15, -0.1) is 5.10 Å². The second-order valence-corrected chi connectivity index (χ2v) is 9.84. The van der Waals surface area contributed by atoms with Crippen LogP contribution in [0, 0.1) is 22.7 Å². The monoisotopic (exact) mass is 481 g/mol. The van der Waals surface area contributed by atoms with Gasteiger partial charge in [-0.1, -0.05) is 58.7 Å². The SMILES string of the molecule is CCCCC(CC)c1nc2n(n1)C(=O)C(C#N)=C(C)C2=NC(C#N)=C1N(C)c2ccccc2C1(C)C. The van der Waals surface area contributed by atoms with Crippen molar-refractivity contribution in [2.75, 3.05) is 11.9 Å². The molecule has 0 saturated heterocycles. The number of carbonyl (C=O) groups is 1. The molecule has 2 aliphatic heterocycles. The molecular formula is C28H31N7O. The van der Waals surface area contributed by atoms with E-state index in [0.29, 0.717) is 17.1 Å². The Morgan fingerprint density at radius 2 is 1.94 bits per heavy atom. The first kappa shape index (κ1) is 25.1. The van der Waals surface area contributed by atoms with Gasteiger partial charge in [-0.25, -0.2) is 9.98 Å². The second-order valence-electron chi connectivity index (χ2n) is 9.84. The van der Waals surface area contributed by atoms with Crippen LogP contribution in [0.2, 0.25) is 0 Å². The maximum atomic E-state index is 13.1. The number of likely N-dealkylation sites (N-methyl/N-ethyl adjacent to an activating group) is 1. The summed E-state index contributed by atoms with van der Waals surface area (Å²) in [6.07, 6.45) is 3.84. The molecule has 2 aromatic rings. The van der Waals surface area contributed by atoms with Gasteiger partial charge in [-0.2, -0.15) is 15.2 Å². The van der Waals surface area contributed by atoms with Crippen molar-refractivity contribution >= 4 is 17.3 Å². The third-order valence-electron chi connectivity index (χ3n) is 7.27. The summed E-state index contributed by atoms with van der Waals surface area (Å²) in [6.45, 7) is 10.0. The van der Waals surface area contributed by atoms with Crippen molar-refractivity contribution in [3.05, 3.63) is 64.0 Å². The Morgan fingerprint density at radius 3 is 2.56 bits per heavy atom. The lowest BCUT2D eigenvalue weighted by molar-refractivity contribution is 0.0941. The molecule has 3 heterocycles. The second kappa shape index (κ2) is 9.54. The molecule has 4 rings (SSSR count). The van der Waals surface area contributed by atoms with Crippen LogP contribution in [0.3, 0.4) is 0 Å². The Balaban J connectivity index is 1.93. The van der Waals surface area contributed by atoms with Gasteiger partial charge >= 0.3 is 0 Å². The molecule has 1 aromatic heterocycles. The Hall–Kier alpha value is -4.04. The van der Waals surface area contributed by atoms with Gasteiger partial charge in [0.15, 0.2) is 17.3 Å². The number of unbranched alkanes of at least 4 members (excludes halogenated alkanes) is 1. The van der Waals surface area contributed by atoms with Gasteiger partial charge in [-0.05, 0) is 31.4 Å². The minimum Gasteiger partial charge on any atom is -0.345 e. The number of benzene rings is 1. The van der Waals surface area contributed by atoms with Gasteiger partial charge in [0.1, 0.15) is 23.4 Å². The number of rotatable bonds is 6. The van der Waals surface area contributed by atoms with E-state index in [1.807, 2.05) is 36.2 Å². The fourth-order valence-electron chi connectivity index (χ4n) is 5.24. The Labute approximate surface area is 212 Å². The van der Waals surface area contributed by atoms with Gasteiger partial charge in [0.25, 0.3) is 5.91 Å². The number of aromatic nitrogens is 3. The van der Waals surface area contributed by atoms with Gasteiger partial charge < -0.3 is 4.90 Å². The van der Waals surface area contributed by atoms with Crippen LogP contribution >= 0.6 is 0 Å². The molecule has 0 N–H and O–H groups in total. The lowest BCUT2D eigenvalue weighted by Gasteiger charge is -2.25. The normalized spacial score (nSPS) is 19.6. The van der Waals surface area contributed by atoms with E-state index in [2.05, 4.69) is 44.9 Å². The number of allylic oxidation sites excluding steroid dienone is 4. The largest absolute Gasteiger partial charge is 0.345 e. The van der Waals surface area contributed by atoms with E-state index in [-0.39, 0.29) is 23.0 Å². The maximum Gasteiger partial charge on any atom is 0.291 e. The van der Waals surface area contributed by atoms with Crippen LogP contribution in [0.15, 0.2) is 51.8 Å². The quantitative estimate of drug-likeness (QED) is 0.510. The highest BCUT2D eigenvalue weighted by Crippen LogP contribution is 2.48. The number of para-hydroxylation sites is 1. The fourth-order valence-corrected chi connectivity index (χ4v) is 5.24. The molecule has 0 bridgehead atoms. The van der Waals surface area contributed by atoms with E-state index in [0.717, 1.165) is 42.6 Å². The van der Waals surface area contributed by atoms with Crippen LogP contribution in [0.4, 0.5) is 5.69 Å². The van der Waals surface area contributed by atoms with Gasteiger partial charge in [-0.3, -0.25) is 4.79 Å². The molecule has 1 aromatic carbocycles. The topological polar surface area (TPSA) is 111 Å². The Kier molecular flexibility index (Phi) is 6.65. The van der Waals surface area contributed by atoms with Gasteiger partial charge in [0, 0.05) is 29.6 Å². The number of aliphatic imine (C=N–C) groups is 1. The van der Waals surface area contributed by atoms with Crippen molar-refractivity contribution < 1.29 is 4.79 Å². The molecule has 0 radical (unpaired) electrons. The zero-order valence-corrected chi connectivity index (χ0v) is 21.8. The van der Waals surface area contributed by atoms with Crippen LogP contribution in [-0.4, -0.2) is 33.4 Å². The summed E-state index contributed by atoms with van der Waals surface area (Å²) in [5.41, 5.74) is 3.32. The van der Waals surface area contributed by atoms with Gasteiger partial charge in [0.2, 0.25) is 0 Å². The van der Waals surface area contributed by atoms with Crippen molar-refractivity contribution in [2.45, 2.75) is 71.6 Å². The van der Waals surface area contributed by atoms with Crippen LogP contribution < -0.4 is 4.90 Å². The van der Waals surface area contributed by atoms with E-state index in [9.17, 15) is 15.3 Å². The Morgan fingerprint density at radius 1 is 1.22 bits per heavy atom. The number of fused-ring (bicyclic) bond motifs is 2. The smallest absolute Gasteiger partial charge is 0.291 e. The number of nitrogens with zero attached hydrogens (tertiary/aromatic N) is 7. The first-order chi connectivity index (χ1) is 17.2. The summed E-state index contributed by atoms with van der Waals surface area (Å²) in [7, 11) is 1.93. The highest BCUT2D eigenvalue weighted by atomic mass is 16.2. The van der Waals surface area contributed by atoms with E-state index >= 15 is 0 Å². The van der Waals surface area contributed by atoms with Crippen LogP contribution in [0.25, 0.3) is 0 Å². The molecule has 0 spiro atoms. The average molecular weight is 482 g/mol. The lowest BCUT2D eigenvalue weighted by atomic mass is 9.83. The molecule has 1 unspecified atom stereocenters. The van der Waals surface area contributed by atoms with E-state index in [4.69, 9.17) is 9.98 Å². The van der Waals surface area contributed by atoms with Crippen LogP contribution in [-0.2, 0) is 5.41 Å². The Bertz CT molecular complexity index is 1410. The molecule has 1 atom stereocenters. The molecular weight excluding hydrogens is 450 g/mol. The highest BCUT2D eigenvalue weighted by Gasteiger charge is 2.41. The predicted octanol–water partition coefficient (Wildman–Crippen LogP) is 5.41. The van der Waals surface area contributed by atoms with E-state index < -0.39 is 11.3 Å². The van der Waals surface area contributed by atoms with Crippen molar-refractivity contribution in [2.24, 2.45) is 4.99 Å². The zero-order chi connectivity index (χ0) is 26.2. The fraction of sp³-hybridized carbons (Fsp3) is 0.429. The molecule has 36 heavy (non-hydrogen) atoms. The van der Waals surface area contributed by atoms with Crippen LogP contribution in [0.5, 0.6) is 0 Å². The summed E-state index contributed by atoms with van der Waals surface area (Å²) in [5, 5.41) is 24.5. The number of nitriles is 2. The van der Waals surface area contributed by atoms with Crippen LogP contribution in [0.1, 0.15) is 88.2 Å². The third-order valence-corrected chi connectivity index (χ3v) is 7.27. The average Bonchev–Trinajstić information content (AvgIpc) is 3.39. The standard InChI is InChI=1S/C28H31N7O/c1-7-9-12-18(8-2)25-32-26-23(17(3)19(15-29)27(36)35(26)33-25)31-21(16-30)24-28(4,5)20-13-10-11-14-22(20)34(24)6/h10-11,13-14,18H,7-9,12H2,1-6H3. The zero-order valence-electron chi connectivity index (χ0n) is 21.8. The summed E-state index contributed by atoms with van der Waals surface area (Å²) < 4.78 is 1.19. The number of hydrogen-bond donors (Lipinski definition) is 0. The molecule has 2 aliphatic rings. The third kappa shape index (κ3) is 3.83. The number of carbonyl (C=O) groups excluding carboxylic acids is 1. The molecule has 8 nitrogen and oxygen atoms in total. The van der Waals surface area contributed by atoms with E-state index in [1.165, 1.54) is 4.68 Å². The molecule has 0 amide bonds. The lowest BCUT2D eigenvalue weighted by Crippen LogP contribution is -2.29. The predicted molar refractivity (Wildman–Crippen MR) is 139 cm³/mol. The molecule has 0 fully saturated rings. The molecule has 8 heteroatoms. The number of anilines is 1. The summed E-state index contributed by atoms with van der Waals surface area (Å²) in [4.78, 5) is 24.6. The first-order valence-corrected chi connectivity index (χ1v) is 12.4. The van der Waals surface area contributed by atoms with Crippen molar-refractivity contribution in [1.82, 2.24) is 14.8 Å². The molecule has 0 saturated carbocycles. The molecule has 0 aliphatic carbocycles. The van der Waals surface area contributed by atoms with E-state index in [1.54, 1.807) is 6.92 Å². The molecule has 184 valence electrons. The minimum atomic E-state index is -0.509.